The molecular weight excluding hydrogens is 294 g/mol. The molecule has 0 saturated heterocycles. The average molecular weight is 314 g/mol. The predicted molar refractivity (Wildman–Crippen MR) is 80.2 cm³/mol. The minimum absolute atomic E-state index is 0.342. The van der Waals surface area contributed by atoms with Crippen molar-refractivity contribution in [1.82, 2.24) is 4.31 Å². The zero-order chi connectivity index (χ0) is 14.2. The smallest absolute Gasteiger partial charge is 0.207 e. The van der Waals surface area contributed by atoms with E-state index in [0.717, 1.165) is 5.56 Å². The first kappa shape index (κ1) is 14.4. The molecule has 110 valence electrons. The van der Waals surface area contributed by atoms with E-state index >= 15 is 0 Å². The van der Waals surface area contributed by atoms with Gasteiger partial charge in [0.2, 0.25) is 10.0 Å². The lowest BCUT2D eigenvalue weighted by Crippen LogP contribution is -2.34. The van der Waals surface area contributed by atoms with Crippen molar-refractivity contribution in [2.45, 2.75) is 36.5 Å². The zero-order valence-corrected chi connectivity index (χ0v) is 13.0. The molecule has 0 atom stereocenters. The summed E-state index contributed by atoms with van der Waals surface area (Å²) in [7, 11) is -3.37. The van der Waals surface area contributed by atoms with Gasteiger partial charge in [-0.2, -0.15) is 4.31 Å². The van der Waals surface area contributed by atoms with Crippen molar-refractivity contribution in [2.75, 3.05) is 13.1 Å². The molecule has 1 aromatic rings. The summed E-state index contributed by atoms with van der Waals surface area (Å²) in [6.07, 6.45) is 4.66. The quantitative estimate of drug-likeness (QED) is 0.725. The summed E-state index contributed by atoms with van der Waals surface area (Å²) in [5.74, 6) is 1.48. The molecule has 0 amide bonds. The lowest BCUT2D eigenvalue weighted by atomic mass is 10.2. The van der Waals surface area contributed by atoms with Gasteiger partial charge in [0.1, 0.15) is 0 Å². The highest BCUT2D eigenvalue weighted by Gasteiger charge is 2.35. The molecule has 0 heterocycles. The molecule has 0 N–H and O–H groups in total. The summed E-state index contributed by atoms with van der Waals surface area (Å²) in [5, 5.41) is 0. The third-order valence-electron chi connectivity index (χ3n) is 4.01. The lowest BCUT2D eigenvalue weighted by Gasteiger charge is -2.22. The summed E-state index contributed by atoms with van der Waals surface area (Å²) < 4.78 is 27.3. The molecule has 3 nitrogen and oxygen atoms in total. The molecule has 5 heteroatoms. The molecule has 20 heavy (non-hydrogen) atoms. The standard InChI is InChI=1S/C15H20ClNO2S/c16-9-14-2-1-3-15(8-14)20(18,19)17(10-12-4-5-12)11-13-6-7-13/h1-3,8,12-13H,4-7,9-11H2. The Morgan fingerprint density at radius 2 is 1.70 bits per heavy atom. The first-order chi connectivity index (χ1) is 9.59. The van der Waals surface area contributed by atoms with Crippen LogP contribution >= 0.6 is 11.6 Å². The number of halogens is 1. The normalized spacial score (nSPS) is 19.5. The molecule has 2 fully saturated rings. The molecule has 2 aliphatic rings. The first-order valence-electron chi connectivity index (χ1n) is 7.24. The Morgan fingerprint density at radius 3 is 2.20 bits per heavy atom. The van der Waals surface area contributed by atoms with Gasteiger partial charge in [0, 0.05) is 19.0 Å². The zero-order valence-electron chi connectivity index (χ0n) is 11.5. The van der Waals surface area contributed by atoms with Gasteiger partial charge in [-0.25, -0.2) is 8.42 Å². The third-order valence-corrected chi connectivity index (χ3v) is 6.14. The Balaban J connectivity index is 1.84. The van der Waals surface area contributed by atoms with Crippen molar-refractivity contribution < 1.29 is 8.42 Å². The third kappa shape index (κ3) is 3.35. The van der Waals surface area contributed by atoms with Crippen LogP contribution in [0.5, 0.6) is 0 Å². The van der Waals surface area contributed by atoms with Gasteiger partial charge in [-0.3, -0.25) is 0 Å². The topological polar surface area (TPSA) is 37.4 Å². The van der Waals surface area contributed by atoms with Crippen LogP contribution < -0.4 is 0 Å². The molecule has 2 saturated carbocycles. The van der Waals surface area contributed by atoms with Gasteiger partial charge < -0.3 is 0 Å². The fourth-order valence-electron chi connectivity index (χ4n) is 2.39. The van der Waals surface area contributed by atoms with Gasteiger partial charge in [0.25, 0.3) is 0 Å². The largest absolute Gasteiger partial charge is 0.243 e. The molecule has 0 unspecified atom stereocenters. The molecule has 3 rings (SSSR count). The molecule has 0 aromatic heterocycles. The summed E-state index contributed by atoms with van der Waals surface area (Å²) in [4.78, 5) is 0.386. The second kappa shape index (κ2) is 5.66. The van der Waals surface area contributed by atoms with Crippen LogP contribution in [0.4, 0.5) is 0 Å². The maximum absolute atomic E-state index is 12.8. The SMILES string of the molecule is O=S(=O)(c1cccc(CCl)c1)N(CC1CC1)CC1CC1. The summed E-state index contributed by atoms with van der Waals surface area (Å²) in [6, 6.07) is 7.02. The van der Waals surface area contributed by atoms with Crippen molar-refractivity contribution in [1.29, 1.82) is 0 Å². The van der Waals surface area contributed by atoms with Crippen LogP contribution in [0.15, 0.2) is 29.2 Å². The highest BCUT2D eigenvalue weighted by molar-refractivity contribution is 7.89. The summed E-state index contributed by atoms with van der Waals surface area (Å²) in [5.41, 5.74) is 0.852. The van der Waals surface area contributed by atoms with Crippen LogP contribution in [0.25, 0.3) is 0 Å². The lowest BCUT2D eigenvalue weighted by molar-refractivity contribution is 0.382. The van der Waals surface area contributed by atoms with Crippen LogP contribution in [-0.2, 0) is 15.9 Å². The monoisotopic (exact) mass is 313 g/mol. The Morgan fingerprint density at radius 1 is 1.10 bits per heavy atom. The molecule has 0 aliphatic heterocycles. The Hall–Kier alpha value is -0.580. The highest BCUT2D eigenvalue weighted by atomic mass is 35.5. The second-order valence-electron chi connectivity index (χ2n) is 5.99. The number of rotatable bonds is 7. The summed E-state index contributed by atoms with van der Waals surface area (Å²) >= 11 is 5.81. The van der Waals surface area contributed by atoms with Gasteiger partial charge in [0.05, 0.1) is 4.90 Å². The van der Waals surface area contributed by atoms with Crippen LogP contribution in [0.1, 0.15) is 31.2 Å². The first-order valence-corrected chi connectivity index (χ1v) is 9.22. The highest BCUT2D eigenvalue weighted by Crippen LogP contribution is 2.36. The molecule has 1 aromatic carbocycles. The molecule has 0 bridgehead atoms. The van der Waals surface area contributed by atoms with Crippen LogP contribution in [0.2, 0.25) is 0 Å². The van der Waals surface area contributed by atoms with Gasteiger partial charge >= 0.3 is 0 Å². The number of hydrogen-bond donors (Lipinski definition) is 0. The van der Waals surface area contributed by atoms with Crippen molar-refractivity contribution in [3.63, 3.8) is 0 Å². The van der Waals surface area contributed by atoms with Crippen molar-refractivity contribution in [2.24, 2.45) is 11.8 Å². The minimum atomic E-state index is -3.37. The number of benzene rings is 1. The fraction of sp³-hybridized carbons (Fsp3) is 0.600. The van der Waals surface area contributed by atoms with Crippen molar-refractivity contribution in [3.8, 4) is 0 Å². The number of alkyl halides is 1. The van der Waals surface area contributed by atoms with E-state index in [0.29, 0.717) is 35.7 Å². The minimum Gasteiger partial charge on any atom is -0.207 e. The maximum atomic E-state index is 12.8. The van der Waals surface area contributed by atoms with E-state index < -0.39 is 10.0 Å². The number of hydrogen-bond acceptors (Lipinski definition) is 2. The molecule has 0 radical (unpaired) electrons. The van der Waals surface area contributed by atoms with Crippen LogP contribution in [-0.4, -0.2) is 25.8 Å². The maximum Gasteiger partial charge on any atom is 0.243 e. The van der Waals surface area contributed by atoms with E-state index in [1.165, 1.54) is 25.7 Å². The van der Waals surface area contributed by atoms with E-state index in [-0.39, 0.29) is 0 Å². The number of nitrogens with zero attached hydrogens (tertiary/aromatic N) is 1. The average Bonchev–Trinajstić information content (AvgIpc) is 3.33. The summed E-state index contributed by atoms with van der Waals surface area (Å²) in [6.45, 7) is 1.37. The number of sulfonamides is 1. The Labute approximate surface area is 126 Å². The van der Waals surface area contributed by atoms with Gasteiger partial charge in [-0.1, -0.05) is 12.1 Å². The van der Waals surface area contributed by atoms with Gasteiger partial charge in [-0.15, -0.1) is 11.6 Å². The second-order valence-corrected chi connectivity index (χ2v) is 8.20. The van der Waals surface area contributed by atoms with Gasteiger partial charge in [0.15, 0.2) is 0 Å². The molecule has 0 spiro atoms. The Kier molecular flexibility index (Phi) is 4.07. The van der Waals surface area contributed by atoms with Gasteiger partial charge in [-0.05, 0) is 55.2 Å². The molecular formula is C15H20ClNO2S. The van der Waals surface area contributed by atoms with Crippen LogP contribution in [0, 0.1) is 11.8 Å². The Bertz CT molecular complexity index is 565. The van der Waals surface area contributed by atoms with E-state index in [2.05, 4.69) is 0 Å². The van der Waals surface area contributed by atoms with Crippen molar-refractivity contribution >= 4 is 21.6 Å². The van der Waals surface area contributed by atoms with E-state index in [1.807, 2.05) is 6.07 Å². The van der Waals surface area contributed by atoms with Crippen LogP contribution in [0.3, 0.4) is 0 Å². The van der Waals surface area contributed by atoms with E-state index in [9.17, 15) is 8.42 Å². The molecule has 2 aliphatic carbocycles. The predicted octanol–water partition coefficient (Wildman–Crippen LogP) is 3.24. The fourth-order valence-corrected chi connectivity index (χ4v) is 4.22. The van der Waals surface area contributed by atoms with Crippen molar-refractivity contribution in [3.05, 3.63) is 29.8 Å². The van der Waals surface area contributed by atoms with E-state index in [4.69, 9.17) is 11.6 Å². The van der Waals surface area contributed by atoms with E-state index in [1.54, 1.807) is 22.5 Å².